The second-order valence-corrected chi connectivity index (χ2v) is 4.83. The van der Waals surface area contributed by atoms with Crippen LogP contribution in [0.15, 0.2) is 6.20 Å². The molecule has 0 spiro atoms. The van der Waals surface area contributed by atoms with Crippen molar-refractivity contribution < 1.29 is 4.79 Å². The van der Waals surface area contributed by atoms with Gasteiger partial charge in [0.2, 0.25) is 0 Å². The zero-order valence-corrected chi connectivity index (χ0v) is 10.1. The molecule has 2 atom stereocenters. The van der Waals surface area contributed by atoms with Gasteiger partial charge in [-0.15, -0.1) is 0 Å². The fourth-order valence-electron chi connectivity index (χ4n) is 2.06. The van der Waals surface area contributed by atoms with Gasteiger partial charge in [0.15, 0.2) is 5.69 Å². The third kappa shape index (κ3) is 2.22. The summed E-state index contributed by atoms with van der Waals surface area (Å²) in [5, 5.41) is 0. The minimum absolute atomic E-state index is 0.0144. The van der Waals surface area contributed by atoms with Crippen LogP contribution in [-0.2, 0) is 0 Å². The molecule has 0 aliphatic carbocycles. The van der Waals surface area contributed by atoms with Crippen molar-refractivity contribution in [1.29, 1.82) is 0 Å². The number of carbonyl (C=O) groups excluding carboxylic acids is 1. The zero-order valence-electron chi connectivity index (χ0n) is 9.30. The Hall–Kier alpha value is -1.01. The maximum absolute atomic E-state index is 12.1. The van der Waals surface area contributed by atoms with Gasteiger partial charge in [0.25, 0.3) is 5.91 Å². The molecule has 2 N–H and O–H groups in total. The average Bonchev–Trinajstić information content (AvgIpc) is 2.82. The summed E-state index contributed by atoms with van der Waals surface area (Å²) in [6.45, 7) is 3.46. The van der Waals surface area contributed by atoms with E-state index in [1.807, 2.05) is 4.90 Å². The predicted octanol–water partition coefficient (Wildman–Crippen LogP) is 0.737. The Bertz CT molecular complexity index is 354. The Morgan fingerprint density at radius 2 is 2.50 bits per heavy atom. The molecule has 1 aliphatic rings. The van der Waals surface area contributed by atoms with Crippen LogP contribution in [0.1, 0.15) is 30.3 Å². The lowest BCUT2D eigenvalue weighted by atomic mass is 9.93. The van der Waals surface area contributed by atoms with Gasteiger partial charge in [0, 0.05) is 12.6 Å². The van der Waals surface area contributed by atoms with Crippen LogP contribution < -0.4 is 5.73 Å². The van der Waals surface area contributed by atoms with Gasteiger partial charge in [-0.2, -0.15) is 8.75 Å². The van der Waals surface area contributed by atoms with Crippen molar-refractivity contribution in [2.75, 3.05) is 13.1 Å². The number of aromatic nitrogens is 2. The molecule has 5 nitrogen and oxygen atoms in total. The van der Waals surface area contributed by atoms with Gasteiger partial charge in [-0.05, 0) is 32.2 Å². The SMILES string of the molecule is CC1CCC(CN)CN1C(=O)c1cnsn1. The average molecular weight is 240 g/mol. The Morgan fingerprint density at radius 1 is 1.69 bits per heavy atom. The van der Waals surface area contributed by atoms with Crippen molar-refractivity contribution >= 4 is 17.6 Å². The molecule has 2 rings (SSSR count). The Balaban J connectivity index is 2.09. The first kappa shape index (κ1) is 11.5. The van der Waals surface area contributed by atoms with E-state index in [9.17, 15) is 4.79 Å². The van der Waals surface area contributed by atoms with Crippen LogP contribution in [0.5, 0.6) is 0 Å². The lowest BCUT2D eigenvalue weighted by molar-refractivity contribution is 0.0562. The number of amides is 1. The molecule has 2 heterocycles. The zero-order chi connectivity index (χ0) is 11.5. The van der Waals surface area contributed by atoms with Crippen molar-refractivity contribution in [1.82, 2.24) is 13.6 Å². The monoisotopic (exact) mass is 240 g/mol. The molecule has 1 aliphatic heterocycles. The number of piperidine rings is 1. The number of carbonyl (C=O) groups is 1. The van der Waals surface area contributed by atoms with Crippen LogP contribution in [0.4, 0.5) is 0 Å². The van der Waals surface area contributed by atoms with E-state index >= 15 is 0 Å². The standard InChI is InChI=1S/C10H16N4OS/c1-7-2-3-8(4-11)6-14(7)10(15)9-5-12-16-13-9/h5,7-8H,2-4,6,11H2,1H3. The molecule has 0 saturated carbocycles. The van der Waals surface area contributed by atoms with Crippen LogP contribution in [0.25, 0.3) is 0 Å². The van der Waals surface area contributed by atoms with E-state index in [0.717, 1.165) is 31.1 Å². The van der Waals surface area contributed by atoms with Gasteiger partial charge in [-0.1, -0.05) is 0 Å². The second kappa shape index (κ2) is 4.88. The molecule has 88 valence electrons. The molecule has 0 aromatic carbocycles. The number of hydrogen-bond donors (Lipinski definition) is 1. The fourth-order valence-corrected chi connectivity index (χ4v) is 2.47. The van der Waals surface area contributed by atoms with E-state index in [0.29, 0.717) is 18.2 Å². The molecule has 1 saturated heterocycles. The maximum atomic E-state index is 12.1. The van der Waals surface area contributed by atoms with Crippen molar-refractivity contribution in [3.63, 3.8) is 0 Å². The maximum Gasteiger partial charge on any atom is 0.275 e. The van der Waals surface area contributed by atoms with E-state index < -0.39 is 0 Å². The highest BCUT2D eigenvalue weighted by Crippen LogP contribution is 2.22. The van der Waals surface area contributed by atoms with Gasteiger partial charge in [-0.25, -0.2) is 0 Å². The predicted molar refractivity (Wildman–Crippen MR) is 62.2 cm³/mol. The molecule has 1 aromatic rings. The summed E-state index contributed by atoms with van der Waals surface area (Å²) in [7, 11) is 0. The number of nitrogens with zero attached hydrogens (tertiary/aromatic N) is 3. The topological polar surface area (TPSA) is 72.1 Å². The lowest BCUT2D eigenvalue weighted by Gasteiger charge is -2.37. The van der Waals surface area contributed by atoms with Crippen LogP contribution >= 0.6 is 11.7 Å². The summed E-state index contributed by atoms with van der Waals surface area (Å²) in [6.07, 6.45) is 3.66. The van der Waals surface area contributed by atoms with Crippen molar-refractivity contribution in [3.8, 4) is 0 Å². The molecule has 1 aromatic heterocycles. The van der Waals surface area contributed by atoms with E-state index in [2.05, 4.69) is 15.7 Å². The number of nitrogens with two attached hydrogens (primary N) is 1. The third-order valence-electron chi connectivity index (χ3n) is 3.15. The van der Waals surface area contributed by atoms with E-state index in [-0.39, 0.29) is 11.9 Å². The Labute approximate surface area is 99.0 Å². The molecule has 2 unspecified atom stereocenters. The first-order chi connectivity index (χ1) is 7.72. The first-order valence-corrected chi connectivity index (χ1v) is 6.24. The summed E-state index contributed by atoms with van der Waals surface area (Å²) < 4.78 is 7.85. The van der Waals surface area contributed by atoms with E-state index in [1.54, 1.807) is 0 Å². The molecule has 0 radical (unpaired) electrons. The molecule has 6 heteroatoms. The highest BCUT2D eigenvalue weighted by molar-refractivity contribution is 6.99. The van der Waals surface area contributed by atoms with Gasteiger partial charge in [-0.3, -0.25) is 4.79 Å². The van der Waals surface area contributed by atoms with Gasteiger partial charge in [0.1, 0.15) is 0 Å². The number of likely N-dealkylation sites (tertiary alicyclic amines) is 1. The highest BCUT2D eigenvalue weighted by atomic mass is 32.1. The van der Waals surface area contributed by atoms with Crippen LogP contribution in [0, 0.1) is 5.92 Å². The molecular weight excluding hydrogens is 224 g/mol. The van der Waals surface area contributed by atoms with Gasteiger partial charge < -0.3 is 10.6 Å². The normalized spacial score (nSPS) is 25.8. The molecule has 1 fully saturated rings. The highest BCUT2D eigenvalue weighted by Gasteiger charge is 2.29. The third-order valence-corrected chi connectivity index (χ3v) is 3.63. The van der Waals surface area contributed by atoms with E-state index in [1.165, 1.54) is 6.20 Å². The Morgan fingerprint density at radius 3 is 3.12 bits per heavy atom. The molecule has 1 amide bonds. The number of hydrogen-bond acceptors (Lipinski definition) is 5. The summed E-state index contributed by atoms with van der Waals surface area (Å²) >= 11 is 1.07. The Kier molecular flexibility index (Phi) is 3.50. The van der Waals surface area contributed by atoms with Crippen LogP contribution in [-0.4, -0.2) is 38.7 Å². The first-order valence-electron chi connectivity index (χ1n) is 5.51. The summed E-state index contributed by atoms with van der Waals surface area (Å²) in [6, 6.07) is 0.275. The minimum atomic E-state index is -0.0144. The summed E-state index contributed by atoms with van der Waals surface area (Å²) in [4.78, 5) is 14.0. The van der Waals surface area contributed by atoms with Crippen molar-refractivity contribution in [2.45, 2.75) is 25.8 Å². The van der Waals surface area contributed by atoms with Gasteiger partial charge >= 0.3 is 0 Å². The summed E-state index contributed by atoms with van der Waals surface area (Å²) in [5.74, 6) is 0.408. The van der Waals surface area contributed by atoms with E-state index in [4.69, 9.17) is 5.73 Å². The second-order valence-electron chi connectivity index (χ2n) is 4.28. The molecule has 16 heavy (non-hydrogen) atoms. The van der Waals surface area contributed by atoms with Crippen LogP contribution in [0.3, 0.4) is 0 Å². The minimum Gasteiger partial charge on any atom is -0.334 e. The fraction of sp³-hybridized carbons (Fsp3) is 0.700. The molecular formula is C10H16N4OS. The molecule has 0 bridgehead atoms. The van der Waals surface area contributed by atoms with Crippen LogP contribution in [0.2, 0.25) is 0 Å². The largest absolute Gasteiger partial charge is 0.334 e. The number of rotatable bonds is 2. The quantitative estimate of drug-likeness (QED) is 0.827. The van der Waals surface area contributed by atoms with Crippen molar-refractivity contribution in [3.05, 3.63) is 11.9 Å². The smallest absolute Gasteiger partial charge is 0.275 e. The lowest BCUT2D eigenvalue weighted by Crippen LogP contribution is -2.47. The van der Waals surface area contributed by atoms with Gasteiger partial charge in [0.05, 0.1) is 17.9 Å². The summed E-state index contributed by atoms with van der Waals surface area (Å²) in [5.41, 5.74) is 6.12. The van der Waals surface area contributed by atoms with Crippen molar-refractivity contribution in [2.24, 2.45) is 11.7 Å².